The van der Waals surface area contributed by atoms with Crippen LogP contribution in [0.4, 0.5) is 0 Å². The summed E-state index contributed by atoms with van der Waals surface area (Å²) in [7, 11) is 0. The first-order valence-corrected chi connectivity index (χ1v) is 4.08. The average Bonchev–Trinajstić information content (AvgIpc) is 2.12. The predicted molar refractivity (Wildman–Crippen MR) is 53.0 cm³/mol. The lowest BCUT2D eigenvalue weighted by molar-refractivity contribution is -0.104. The van der Waals surface area contributed by atoms with Gasteiger partial charge in [0.25, 0.3) is 0 Å². The molecule has 0 fully saturated rings. The molecular weight excluding hydrogens is 148 g/mol. The number of carbonyl (C=O) groups is 1. The van der Waals surface area contributed by atoms with E-state index in [4.69, 9.17) is 0 Å². The van der Waals surface area contributed by atoms with Crippen LogP contribution in [0.15, 0.2) is 34.9 Å². The molecule has 12 heavy (non-hydrogen) atoms. The topological polar surface area (TPSA) is 17.1 Å². The fourth-order valence-corrected chi connectivity index (χ4v) is 0.777. The van der Waals surface area contributed by atoms with Crippen LogP contribution in [0.1, 0.15) is 27.7 Å². The summed E-state index contributed by atoms with van der Waals surface area (Å²) in [5.41, 5.74) is 3.07. The van der Waals surface area contributed by atoms with Gasteiger partial charge in [0.05, 0.1) is 0 Å². The Hall–Kier alpha value is -1.11. The van der Waals surface area contributed by atoms with Crippen LogP contribution in [0.5, 0.6) is 0 Å². The highest BCUT2D eigenvalue weighted by Crippen LogP contribution is 2.09. The normalized spacial score (nSPS) is 14.8. The first-order valence-electron chi connectivity index (χ1n) is 4.08. The van der Waals surface area contributed by atoms with Crippen molar-refractivity contribution in [3.05, 3.63) is 34.9 Å². The van der Waals surface area contributed by atoms with Gasteiger partial charge in [-0.3, -0.25) is 4.79 Å². The van der Waals surface area contributed by atoms with Crippen molar-refractivity contribution in [2.24, 2.45) is 0 Å². The molecule has 0 aliphatic carbocycles. The zero-order chi connectivity index (χ0) is 9.56. The molecule has 0 saturated heterocycles. The Morgan fingerprint density at radius 2 is 1.58 bits per heavy atom. The van der Waals surface area contributed by atoms with E-state index in [-0.39, 0.29) is 0 Å². The van der Waals surface area contributed by atoms with Gasteiger partial charge in [0.15, 0.2) is 0 Å². The molecule has 0 bridgehead atoms. The molecule has 0 aliphatic heterocycles. The van der Waals surface area contributed by atoms with Gasteiger partial charge in [-0.1, -0.05) is 17.7 Å². The molecule has 1 nitrogen and oxygen atoms in total. The van der Waals surface area contributed by atoms with Crippen LogP contribution in [0.25, 0.3) is 0 Å². The van der Waals surface area contributed by atoms with Crippen LogP contribution < -0.4 is 0 Å². The fraction of sp³-hybridized carbons (Fsp3) is 0.364. The molecule has 0 radical (unpaired) electrons. The summed E-state index contributed by atoms with van der Waals surface area (Å²) in [5.74, 6) is 0. The Kier molecular flexibility index (Phi) is 5.02. The number of hydrogen-bond donors (Lipinski definition) is 0. The first-order chi connectivity index (χ1) is 5.65. The average molecular weight is 164 g/mol. The largest absolute Gasteiger partial charge is 0.298 e. The van der Waals surface area contributed by atoms with E-state index in [0.717, 1.165) is 17.4 Å². The molecule has 0 aromatic rings. The molecule has 0 N–H and O–H groups in total. The Morgan fingerprint density at radius 3 is 1.92 bits per heavy atom. The van der Waals surface area contributed by atoms with Gasteiger partial charge in [-0.05, 0) is 39.3 Å². The number of allylic oxidation sites excluding steroid dienone is 6. The lowest BCUT2D eigenvalue weighted by atomic mass is 10.1. The third-order valence-electron chi connectivity index (χ3n) is 1.91. The maximum atomic E-state index is 10.5. The van der Waals surface area contributed by atoms with E-state index in [2.05, 4.69) is 0 Å². The van der Waals surface area contributed by atoms with Crippen molar-refractivity contribution in [3.63, 3.8) is 0 Å². The minimum absolute atomic E-state index is 0.730. The van der Waals surface area contributed by atoms with Crippen LogP contribution >= 0.6 is 0 Å². The summed E-state index contributed by atoms with van der Waals surface area (Å²) in [5, 5.41) is 0. The minimum Gasteiger partial charge on any atom is -0.298 e. The zero-order valence-electron chi connectivity index (χ0n) is 8.22. The van der Waals surface area contributed by atoms with Gasteiger partial charge in [-0.25, -0.2) is 0 Å². The van der Waals surface area contributed by atoms with E-state index in [1.807, 2.05) is 39.8 Å². The van der Waals surface area contributed by atoms with Crippen molar-refractivity contribution >= 4 is 6.29 Å². The Morgan fingerprint density at radius 1 is 1.00 bits per heavy atom. The van der Waals surface area contributed by atoms with Crippen LogP contribution in [0, 0.1) is 0 Å². The summed E-state index contributed by atoms with van der Waals surface area (Å²) in [6, 6.07) is 0. The Bertz CT molecular complexity index is 242. The summed E-state index contributed by atoms with van der Waals surface area (Å²) in [6.45, 7) is 7.88. The van der Waals surface area contributed by atoms with Gasteiger partial charge in [0.2, 0.25) is 0 Å². The highest BCUT2D eigenvalue weighted by molar-refractivity contribution is 5.77. The number of aldehydes is 1. The molecule has 0 aromatic carbocycles. The van der Waals surface area contributed by atoms with Crippen molar-refractivity contribution in [1.82, 2.24) is 0 Å². The monoisotopic (exact) mass is 164 g/mol. The summed E-state index contributed by atoms with van der Waals surface area (Å²) in [6.07, 6.45) is 6.60. The molecular formula is C11H16O. The molecule has 0 rings (SSSR count). The van der Waals surface area contributed by atoms with E-state index >= 15 is 0 Å². The second kappa shape index (κ2) is 5.53. The van der Waals surface area contributed by atoms with Crippen LogP contribution in [-0.2, 0) is 4.79 Å². The Labute approximate surface area is 74.5 Å². The molecule has 1 heteroatoms. The third kappa shape index (κ3) is 3.33. The molecule has 0 spiro atoms. The quantitative estimate of drug-likeness (QED) is 0.356. The maximum absolute atomic E-state index is 10.5. The lowest BCUT2D eigenvalue weighted by Crippen LogP contribution is -1.83. The second-order valence-corrected chi connectivity index (χ2v) is 2.71. The fourth-order valence-electron chi connectivity index (χ4n) is 0.777. The molecule has 0 amide bonds. The SMILES string of the molecule is C\C=C(C)/C(C)=C\C(C=O)=C/C. The van der Waals surface area contributed by atoms with E-state index in [1.165, 1.54) is 5.57 Å². The van der Waals surface area contributed by atoms with E-state index in [9.17, 15) is 4.79 Å². The van der Waals surface area contributed by atoms with Gasteiger partial charge in [-0.2, -0.15) is 0 Å². The third-order valence-corrected chi connectivity index (χ3v) is 1.91. The second-order valence-electron chi connectivity index (χ2n) is 2.71. The molecule has 0 aliphatic rings. The van der Waals surface area contributed by atoms with Crippen molar-refractivity contribution in [1.29, 1.82) is 0 Å². The van der Waals surface area contributed by atoms with Gasteiger partial charge in [-0.15, -0.1) is 0 Å². The number of rotatable bonds is 3. The zero-order valence-corrected chi connectivity index (χ0v) is 8.22. The van der Waals surface area contributed by atoms with Crippen LogP contribution in [-0.4, -0.2) is 6.29 Å². The van der Waals surface area contributed by atoms with Crippen molar-refractivity contribution < 1.29 is 4.79 Å². The van der Waals surface area contributed by atoms with Gasteiger partial charge in [0.1, 0.15) is 6.29 Å². The molecule has 0 aromatic heterocycles. The van der Waals surface area contributed by atoms with Crippen molar-refractivity contribution in [3.8, 4) is 0 Å². The maximum Gasteiger partial charge on any atom is 0.149 e. The van der Waals surface area contributed by atoms with Gasteiger partial charge >= 0.3 is 0 Å². The standard InChI is InChI=1S/C11H16O/c1-5-9(3)10(4)7-11(6-2)8-12/h5-8H,1-4H3/b9-5-,10-7-,11-6+. The van der Waals surface area contributed by atoms with Crippen LogP contribution in [0.2, 0.25) is 0 Å². The van der Waals surface area contributed by atoms with Gasteiger partial charge < -0.3 is 0 Å². The van der Waals surface area contributed by atoms with E-state index < -0.39 is 0 Å². The lowest BCUT2D eigenvalue weighted by Gasteiger charge is -1.99. The van der Waals surface area contributed by atoms with E-state index in [0.29, 0.717) is 0 Å². The van der Waals surface area contributed by atoms with Crippen molar-refractivity contribution in [2.75, 3.05) is 0 Å². The smallest absolute Gasteiger partial charge is 0.149 e. The summed E-state index contributed by atoms with van der Waals surface area (Å²) in [4.78, 5) is 10.5. The number of carbonyl (C=O) groups excluding carboxylic acids is 1. The van der Waals surface area contributed by atoms with Crippen LogP contribution in [0.3, 0.4) is 0 Å². The van der Waals surface area contributed by atoms with E-state index in [1.54, 1.807) is 6.08 Å². The molecule has 0 saturated carbocycles. The molecule has 0 atom stereocenters. The number of hydrogen-bond acceptors (Lipinski definition) is 1. The molecule has 66 valence electrons. The molecule has 0 unspecified atom stereocenters. The minimum atomic E-state index is 0.730. The summed E-state index contributed by atoms with van der Waals surface area (Å²) < 4.78 is 0. The highest BCUT2D eigenvalue weighted by Gasteiger charge is 1.92. The summed E-state index contributed by atoms with van der Waals surface area (Å²) >= 11 is 0. The molecule has 0 heterocycles. The first kappa shape index (κ1) is 10.9. The van der Waals surface area contributed by atoms with Crippen molar-refractivity contribution in [2.45, 2.75) is 27.7 Å². The predicted octanol–water partition coefficient (Wildman–Crippen LogP) is 3.04. The highest BCUT2D eigenvalue weighted by atomic mass is 16.1. The van der Waals surface area contributed by atoms with Gasteiger partial charge in [0, 0.05) is 5.57 Å². The Balaban J connectivity index is 4.66.